The molecule has 2 unspecified atom stereocenters. The molecule has 33 nitrogen and oxygen atoms in total. The number of benzene rings is 1. The van der Waals surface area contributed by atoms with Crippen LogP contribution in [-0.2, 0) is 92.4 Å². The highest BCUT2D eigenvalue weighted by Gasteiger charge is 2.80. The summed E-state index contributed by atoms with van der Waals surface area (Å²) in [6, 6.07) is -2.16. The molecule has 8 rings (SSSR count). The lowest BCUT2D eigenvalue weighted by molar-refractivity contribution is -0.235. The summed E-state index contributed by atoms with van der Waals surface area (Å²) in [4.78, 5) is 159. The molecule has 4 saturated carbocycles. The number of aliphatic hydroxyl groups is 2. The van der Waals surface area contributed by atoms with Crippen LogP contribution in [0.15, 0.2) is 60.2 Å². The minimum absolute atomic E-state index is 0.00700. The number of ether oxygens (including phenoxy) is 9. The van der Waals surface area contributed by atoms with Gasteiger partial charge in [0.25, 0.3) is 0 Å². The fraction of sp³-hybridized carbons (Fsp3) is 0.700. The Labute approximate surface area is 668 Å². The summed E-state index contributed by atoms with van der Waals surface area (Å²) in [5.74, 6) is -8.83. The third kappa shape index (κ3) is 24.1. The maximum absolute atomic E-state index is 18.1. The number of carboxylic acids is 1. The molecular weight excluding hydrogens is 1510 g/mol. The third-order valence-corrected chi connectivity index (χ3v) is 23.1. The summed E-state index contributed by atoms with van der Waals surface area (Å²) >= 11 is 0. The zero-order chi connectivity index (χ0) is 83.8. The first kappa shape index (κ1) is 91.9. The summed E-state index contributed by atoms with van der Waals surface area (Å²) in [6.45, 7) is 11.8. The van der Waals surface area contributed by atoms with Gasteiger partial charge in [-0.1, -0.05) is 78.3 Å². The average Bonchev–Trinajstić information content (AvgIpc) is 1.57. The minimum Gasteiger partial charge on any atom is -0.481 e. The summed E-state index contributed by atoms with van der Waals surface area (Å²) in [6.07, 6.45) is 4.59. The van der Waals surface area contributed by atoms with Crippen LogP contribution in [0, 0.1) is 52.3 Å². The zero-order valence-electron chi connectivity index (χ0n) is 66.7. The molecule has 9 amide bonds. The molecule has 0 radical (unpaired) electrons. The van der Waals surface area contributed by atoms with E-state index in [1.54, 1.807) is 34.6 Å². The first-order valence-corrected chi connectivity index (χ1v) is 40.1. The van der Waals surface area contributed by atoms with E-state index in [0.717, 1.165) is 31.8 Å². The highest BCUT2D eigenvalue weighted by Crippen LogP contribution is 2.72. The Morgan fingerprint density at radius 3 is 1.97 bits per heavy atom. The maximum atomic E-state index is 18.1. The molecule has 1 heterocycles. The topological polar surface area (TPSA) is 471 Å². The van der Waals surface area contributed by atoms with Crippen molar-refractivity contribution < 1.29 is 124 Å². The molecule has 0 bridgehead atoms. The Bertz CT molecular complexity index is 3630. The number of hydrogen-bond donors (Lipinski definition) is 12. The van der Waals surface area contributed by atoms with E-state index in [1.807, 2.05) is 6.92 Å². The average molecular weight is 1630 g/mol. The van der Waals surface area contributed by atoms with Crippen molar-refractivity contribution >= 4 is 76.9 Å². The van der Waals surface area contributed by atoms with Gasteiger partial charge in [-0.25, -0.2) is 28.0 Å². The summed E-state index contributed by atoms with van der Waals surface area (Å²) in [7, 11) is 0. The van der Waals surface area contributed by atoms with Crippen molar-refractivity contribution in [2.24, 2.45) is 58.0 Å². The van der Waals surface area contributed by atoms with E-state index in [-0.39, 0.29) is 102 Å². The fourth-order valence-corrected chi connectivity index (χ4v) is 17.1. The normalized spacial score (nSPS) is 27.7. The van der Waals surface area contributed by atoms with Gasteiger partial charge in [0.1, 0.15) is 43.0 Å². The van der Waals surface area contributed by atoms with E-state index in [9.17, 15) is 72.9 Å². The number of halogens is 2. The Balaban J connectivity index is 0.755. The second kappa shape index (κ2) is 43.0. The van der Waals surface area contributed by atoms with Crippen LogP contribution in [0.3, 0.4) is 0 Å². The van der Waals surface area contributed by atoms with E-state index >= 15 is 8.78 Å². The summed E-state index contributed by atoms with van der Waals surface area (Å²) in [5, 5.41) is 52.2. The molecule has 6 aliphatic carbocycles. The maximum Gasteiger partial charge on any atom is 0.408 e. The smallest absolute Gasteiger partial charge is 0.408 e. The van der Waals surface area contributed by atoms with Crippen LogP contribution in [-0.4, -0.2) is 238 Å². The molecule has 0 aromatic heterocycles. The van der Waals surface area contributed by atoms with Crippen molar-refractivity contribution in [2.75, 3.05) is 91.1 Å². The Morgan fingerprint density at radius 2 is 1.34 bits per heavy atom. The Kier molecular flexibility index (Phi) is 34.4. The number of carbonyl (C=O) groups is 12. The number of hydrogen-bond acceptors (Lipinski definition) is 23. The SMILES string of the molecule is CCCC1O[C@@H]2CC3[C@@H]4C[C@H](F)C5=CC(=O)C=C[C@]5(C)[C@@]4(F)[C@@H](O)C[C@]3(C)[C@]2(C(=O)COC(=O)[C@H](CC(C)C)NC(=O)[C@H](CO)NC(=O)OCc2ccc(NC(=O)[C@H](CCCNC(N)=O)NC(=O)[C@@H](NC(=O)[C@@H](CCC(=O)O)NC(=O)CCOCCOCCOCCOCCNC(=O)OC[C@@H]3[C@@H]4CC/C=C\CC[C@@H]43)C(C)C)cc2)O1. The van der Waals surface area contributed by atoms with Crippen molar-refractivity contribution in [3.8, 4) is 0 Å². The molecule has 1 saturated heterocycles. The van der Waals surface area contributed by atoms with Crippen LogP contribution in [0.5, 0.6) is 0 Å². The minimum atomic E-state index is -2.46. The highest BCUT2D eigenvalue weighted by molar-refractivity contribution is 6.02. The van der Waals surface area contributed by atoms with Crippen LogP contribution < -0.4 is 48.3 Å². The number of rotatable bonds is 46. The number of nitrogens with two attached hydrogens (primary N) is 1. The van der Waals surface area contributed by atoms with Gasteiger partial charge in [0.2, 0.25) is 35.3 Å². The number of aliphatic hydroxyl groups excluding tert-OH is 2. The summed E-state index contributed by atoms with van der Waals surface area (Å²) in [5.41, 5.74) is -1.70. The number of allylic oxidation sites excluding steroid dienone is 6. The molecule has 1 aromatic rings. The second-order valence-electron chi connectivity index (χ2n) is 31.8. The number of aliphatic carboxylic acids is 1. The number of alkyl halides is 2. The molecule has 5 fully saturated rings. The van der Waals surface area contributed by atoms with Gasteiger partial charge in [-0.05, 0) is 155 Å². The third-order valence-electron chi connectivity index (χ3n) is 23.1. The molecule has 7 aliphatic rings. The molecule has 1 aliphatic heterocycles. The summed E-state index contributed by atoms with van der Waals surface area (Å²) < 4.78 is 85.8. The standard InChI is InChI=1S/C80H117F2N9O24/c1-8-14-67-114-64-40-54-55-39-57(81)56-38-50(93)24-26-77(56,6)79(55,82)62(94)41-78(54,7)80(64,115-67)63(95)45-111-73(103)60(37-46(2)3)89-71(101)61(42-92)90-76(106)112-43-48-18-20-49(21-19-48)86-69(99)58(17-13-27-84-74(83)104)88-72(102)68(47(4)5)91-70(100)59(22-23-66(97)98)87-65(96)25-29-107-31-33-109-35-36-110-34-32-108-30-28-85-75(105)113-44-53-51-15-11-9-10-12-16-52(51)53/h9-10,18-21,24,26,38,46-47,51-55,57-62,64,67-68,92,94H,8,11-17,22-23,25,27-37,39-45H2,1-7H3,(H,85,105)(H,86,99)(H,87,96)(H,88,102)(H,89,101)(H,90,106)(H,91,100)(H,97,98)(H3,83,84,104)/b10-9-/t51-,52+,53-,54?,55-,57-,58-,59+,60-,61-,62-,64+,67?,68-,77-,78-,79-,80+/m0/s1. The Morgan fingerprint density at radius 1 is 0.704 bits per heavy atom. The van der Waals surface area contributed by atoms with Crippen molar-refractivity contribution in [3.63, 3.8) is 0 Å². The van der Waals surface area contributed by atoms with Crippen LogP contribution >= 0.6 is 0 Å². The van der Waals surface area contributed by atoms with E-state index in [2.05, 4.69) is 54.7 Å². The number of alkyl carbamates (subject to hydrolysis) is 2. The molecular formula is C80H117F2N9O24. The monoisotopic (exact) mass is 1630 g/mol. The van der Waals surface area contributed by atoms with Gasteiger partial charge in [-0.2, -0.15) is 0 Å². The lowest BCUT2D eigenvalue weighted by Crippen LogP contribution is -2.71. The highest BCUT2D eigenvalue weighted by atomic mass is 19.1. The number of urea groups is 1. The van der Waals surface area contributed by atoms with Gasteiger partial charge in [-0.3, -0.25) is 38.4 Å². The van der Waals surface area contributed by atoms with Crippen LogP contribution in [0.4, 0.5) is 28.9 Å². The van der Waals surface area contributed by atoms with Crippen LogP contribution in [0.2, 0.25) is 0 Å². The van der Waals surface area contributed by atoms with Crippen LogP contribution in [0.25, 0.3) is 0 Å². The van der Waals surface area contributed by atoms with Gasteiger partial charge in [0.05, 0.1) is 78.3 Å². The predicted octanol–water partition coefficient (Wildman–Crippen LogP) is 4.66. The fourth-order valence-electron chi connectivity index (χ4n) is 17.1. The van der Waals surface area contributed by atoms with Gasteiger partial charge in [-0.15, -0.1) is 0 Å². The lowest BCUT2D eigenvalue weighted by atomic mass is 9.44. The number of amides is 9. The molecule has 115 heavy (non-hydrogen) atoms. The molecule has 18 atom stereocenters. The number of nitrogens with one attached hydrogen (secondary N) is 8. The molecule has 13 N–H and O–H groups in total. The number of ketones is 2. The predicted molar refractivity (Wildman–Crippen MR) is 408 cm³/mol. The second-order valence-corrected chi connectivity index (χ2v) is 31.8. The first-order valence-electron chi connectivity index (χ1n) is 40.1. The molecule has 35 heteroatoms. The number of carbonyl (C=O) groups excluding carboxylic acids is 11. The Hall–Kier alpha value is -8.58. The van der Waals surface area contributed by atoms with Crippen molar-refractivity contribution in [1.29, 1.82) is 0 Å². The van der Waals surface area contributed by atoms with Gasteiger partial charge in [0.15, 0.2) is 29.9 Å². The first-order chi connectivity index (χ1) is 54.8. The number of Topliss-reactive ketones (excluding diaryl/α,β-unsaturated/α-hetero) is 1. The zero-order valence-corrected chi connectivity index (χ0v) is 66.7. The quantitative estimate of drug-likeness (QED) is 0.0183. The van der Waals surface area contributed by atoms with Crippen molar-refractivity contribution in [1.82, 2.24) is 37.2 Å². The lowest BCUT2D eigenvalue weighted by Gasteiger charge is -2.63. The van der Waals surface area contributed by atoms with E-state index in [1.165, 1.54) is 43.3 Å². The number of esters is 1. The number of fused-ring (bicyclic) bond motifs is 8. The number of anilines is 1. The van der Waals surface area contributed by atoms with Gasteiger partial charge < -0.3 is 106 Å². The van der Waals surface area contributed by atoms with Crippen molar-refractivity contribution in [2.45, 2.75) is 218 Å². The number of primary amides is 1. The number of carboxylic acid groups (broad SMARTS) is 1. The largest absolute Gasteiger partial charge is 0.481 e. The van der Waals surface area contributed by atoms with Crippen LogP contribution in [0.1, 0.15) is 150 Å². The van der Waals surface area contributed by atoms with Crippen molar-refractivity contribution in [3.05, 3.63) is 65.8 Å². The van der Waals surface area contributed by atoms with E-state index in [4.69, 9.17) is 48.4 Å². The van der Waals surface area contributed by atoms with E-state index < -0.39 is 199 Å². The molecule has 640 valence electrons. The van der Waals surface area contributed by atoms with Gasteiger partial charge in [0, 0.05) is 48.4 Å². The molecule has 0 spiro atoms. The molecule has 1 aromatic carbocycles. The van der Waals surface area contributed by atoms with Gasteiger partial charge >= 0.3 is 30.2 Å². The van der Waals surface area contributed by atoms with E-state index in [0.29, 0.717) is 69.1 Å².